The molecule has 14 heavy (non-hydrogen) atoms. The van der Waals surface area contributed by atoms with Crippen molar-refractivity contribution in [3.63, 3.8) is 0 Å². The van der Waals surface area contributed by atoms with Gasteiger partial charge in [0.1, 0.15) is 11.5 Å². The van der Waals surface area contributed by atoms with E-state index in [1.807, 2.05) is 0 Å². The highest BCUT2D eigenvalue weighted by Gasteiger charge is 2.42. The zero-order valence-corrected chi connectivity index (χ0v) is 8.11. The van der Waals surface area contributed by atoms with Crippen LogP contribution >= 0.6 is 0 Å². The second-order valence-electron chi connectivity index (χ2n) is 3.94. The summed E-state index contributed by atoms with van der Waals surface area (Å²) in [6.07, 6.45) is 0.390. The summed E-state index contributed by atoms with van der Waals surface area (Å²) in [5.41, 5.74) is 0. The highest BCUT2D eigenvalue weighted by molar-refractivity contribution is 5.10. The molecule has 0 aromatic carbocycles. The second-order valence-corrected chi connectivity index (χ2v) is 3.94. The van der Waals surface area contributed by atoms with Crippen LogP contribution in [0.1, 0.15) is 0 Å². The molecule has 0 amide bonds. The molecular formula is C10H14N2O2. The lowest BCUT2D eigenvalue weighted by atomic mass is 10.3. The summed E-state index contributed by atoms with van der Waals surface area (Å²) >= 11 is 0. The monoisotopic (exact) mass is 194 g/mol. The number of hydrogen-bond donors (Lipinski definition) is 0. The van der Waals surface area contributed by atoms with Gasteiger partial charge in [0.25, 0.3) is 0 Å². The lowest BCUT2D eigenvalue weighted by Gasteiger charge is -2.31. The molecule has 3 fully saturated rings. The number of rotatable bonds is 2. The Bertz CT molecular complexity index is 264. The number of nitrogens with zero attached hydrogens (tertiary/aromatic N) is 2. The first-order chi connectivity index (χ1) is 6.75. The van der Waals surface area contributed by atoms with Crippen molar-refractivity contribution >= 4 is 0 Å². The van der Waals surface area contributed by atoms with Gasteiger partial charge in [-0.3, -0.25) is 9.80 Å². The molecule has 0 bridgehead atoms. The van der Waals surface area contributed by atoms with E-state index in [2.05, 4.69) is 23.0 Å². The predicted octanol–water partition coefficient (Wildman–Crippen LogP) is 0.344. The Balaban J connectivity index is 1.52. The van der Waals surface area contributed by atoms with Crippen LogP contribution in [-0.4, -0.2) is 48.4 Å². The van der Waals surface area contributed by atoms with Gasteiger partial charge in [0, 0.05) is 26.2 Å². The average Bonchev–Trinajstić information content (AvgIpc) is 3.06. The Morgan fingerprint density at radius 1 is 0.857 bits per heavy atom. The lowest BCUT2D eigenvalue weighted by Crippen LogP contribution is -2.48. The van der Waals surface area contributed by atoms with Crippen molar-refractivity contribution in [3.8, 4) is 0 Å². The van der Waals surface area contributed by atoms with Crippen LogP contribution in [0.4, 0.5) is 0 Å². The molecule has 3 saturated heterocycles. The molecule has 3 aliphatic rings. The van der Waals surface area contributed by atoms with Crippen molar-refractivity contribution < 1.29 is 9.47 Å². The standard InChI is InChI=1S/C10H14N2O2/c1-7-9(13-7)11-3-5-12(6-4-11)10-8(2)14-10/h9-10H,1-6H2. The van der Waals surface area contributed by atoms with Gasteiger partial charge < -0.3 is 9.47 Å². The SMILES string of the molecule is C=C1OC1N1CCN(C2OC2=C)CC1. The van der Waals surface area contributed by atoms with Gasteiger partial charge in [0.15, 0.2) is 0 Å². The molecule has 4 nitrogen and oxygen atoms in total. The van der Waals surface area contributed by atoms with Crippen molar-refractivity contribution in [2.24, 2.45) is 0 Å². The van der Waals surface area contributed by atoms with Gasteiger partial charge in [-0.05, 0) is 0 Å². The maximum Gasteiger partial charge on any atom is 0.210 e. The normalized spacial score (nSPS) is 37.7. The number of epoxide rings is 2. The van der Waals surface area contributed by atoms with E-state index < -0.39 is 0 Å². The Hall–Kier alpha value is -1.00. The van der Waals surface area contributed by atoms with Gasteiger partial charge in [0.2, 0.25) is 12.5 Å². The third kappa shape index (κ3) is 1.31. The molecule has 0 aromatic heterocycles. The van der Waals surface area contributed by atoms with Crippen LogP contribution in [0.2, 0.25) is 0 Å². The lowest BCUT2D eigenvalue weighted by molar-refractivity contribution is 0.0643. The van der Waals surface area contributed by atoms with E-state index in [-0.39, 0.29) is 12.5 Å². The number of hydrogen-bond acceptors (Lipinski definition) is 4. The van der Waals surface area contributed by atoms with E-state index in [9.17, 15) is 0 Å². The summed E-state index contributed by atoms with van der Waals surface area (Å²) in [6.45, 7) is 11.7. The van der Waals surface area contributed by atoms with Crippen LogP contribution in [0.5, 0.6) is 0 Å². The van der Waals surface area contributed by atoms with Crippen LogP contribution in [0.25, 0.3) is 0 Å². The summed E-state index contributed by atoms with van der Waals surface area (Å²) in [4.78, 5) is 4.62. The summed E-state index contributed by atoms with van der Waals surface area (Å²) in [6, 6.07) is 0. The maximum absolute atomic E-state index is 5.25. The fraction of sp³-hybridized carbons (Fsp3) is 0.600. The maximum atomic E-state index is 5.25. The third-order valence-electron chi connectivity index (χ3n) is 2.97. The molecule has 0 N–H and O–H groups in total. The van der Waals surface area contributed by atoms with Crippen molar-refractivity contribution in [1.29, 1.82) is 0 Å². The zero-order chi connectivity index (χ0) is 9.71. The van der Waals surface area contributed by atoms with Gasteiger partial charge in [-0.1, -0.05) is 13.2 Å². The van der Waals surface area contributed by atoms with E-state index in [4.69, 9.17) is 9.47 Å². The minimum atomic E-state index is 0.195. The number of piperazine rings is 1. The van der Waals surface area contributed by atoms with E-state index in [1.165, 1.54) is 0 Å². The highest BCUT2D eigenvalue weighted by Crippen LogP contribution is 2.32. The van der Waals surface area contributed by atoms with E-state index in [0.717, 1.165) is 37.7 Å². The van der Waals surface area contributed by atoms with E-state index in [0.29, 0.717) is 0 Å². The highest BCUT2D eigenvalue weighted by atomic mass is 16.6. The quantitative estimate of drug-likeness (QED) is 0.593. The van der Waals surface area contributed by atoms with Gasteiger partial charge in [-0.2, -0.15) is 0 Å². The first kappa shape index (κ1) is 8.32. The molecular weight excluding hydrogens is 180 g/mol. The topological polar surface area (TPSA) is 31.5 Å². The molecule has 0 aliphatic carbocycles. The molecule has 0 aromatic rings. The van der Waals surface area contributed by atoms with Crippen LogP contribution in [0, 0.1) is 0 Å². The van der Waals surface area contributed by atoms with Crippen LogP contribution in [0.15, 0.2) is 24.7 Å². The van der Waals surface area contributed by atoms with Crippen LogP contribution in [0.3, 0.4) is 0 Å². The molecule has 2 atom stereocenters. The van der Waals surface area contributed by atoms with E-state index >= 15 is 0 Å². The smallest absolute Gasteiger partial charge is 0.210 e. The fourth-order valence-electron chi connectivity index (χ4n) is 1.98. The molecule has 4 heteroatoms. The molecule has 0 saturated carbocycles. The Labute approximate surface area is 83.4 Å². The molecule has 2 unspecified atom stereocenters. The van der Waals surface area contributed by atoms with Gasteiger partial charge >= 0.3 is 0 Å². The molecule has 76 valence electrons. The summed E-state index contributed by atoms with van der Waals surface area (Å²) in [5, 5.41) is 0. The zero-order valence-electron chi connectivity index (χ0n) is 8.11. The Kier molecular flexibility index (Phi) is 1.63. The van der Waals surface area contributed by atoms with Gasteiger partial charge in [-0.25, -0.2) is 0 Å². The largest absolute Gasteiger partial charge is 0.467 e. The fourth-order valence-corrected chi connectivity index (χ4v) is 1.98. The number of ether oxygens (including phenoxy) is 2. The van der Waals surface area contributed by atoms with Gasteiger partial charge in [0.05, 0.1) is 0 Å². The van der Waals surface area contributed by atoms with Crippen LogP contribution < -0.4 is 0 Å². The summed E-state index contributed by atoms with van der Waals surface area (Å²) in [5.74, 6) is 1.82. The molecule has 0 spiro atoms. The van der Waals surface area contributed by atoms with Crippen molar-refractivity contribution in [1.82, 2.24) is 9.80 Å². The third-order valence-corrected chi connectivity index (χ3v) is 2.97. The van der Waals surface area contributed by atoms with Crippen molar-refractivity contribution in [3.05, 3.63) is 24.7 Å². The van der Waals surface area contributed by atoms with Crippen molar-refractivity contribution in [2.45, 2.75) is 12.5 Å². The molecule has 3 heterocycles. The molecule has 3 rings (SSSR count). The minimum Gasteiger partial charge on any atom is -0.467 e. The van der Waals surface area contributed by atoms with E-state index in [1.54, 1.807) is 0 Å². The van der Waals surface area contributed by atoms with Crippen molar-refractivity contribution in [2.75, 3.05) is 26.2 Å². The first-order valence-electron chi connectivity index (χ1n) is 4.95. The van der Waals surface area contributed by atoms with Crippen LogP contribution in [-0.2, 0) is 9.47 Å². The Morgan fingerprint density at radius 3 is 1.36 bits per heavy atom. The average molecular weight is 194 g/mol. The predicted molar refractivity (Wildman–Crippen MR) is 51.2 cm³/mol. The molecule has 0 radical (unpaired) electrons. The second kappa shape index (κ2) is 2.74. The molecule has 3 aliphatic heterocycles. The minimum absolute atomic E-state index is 0.195. The first-order valence-corrected chi connectivity index (χ1v) is 4.95. The summed E-state index contributed by atoms with van der Waals surface area (Å²) < 4.78 is 10.5. The van der Waals surface area contributed by atoms with Gasteiger partial charge in [-0.15, -0.1) is 0 Å². The Morgan fingerprint density at radius 2 is 1.14 bits per heavy atom. The summed E-state index contributed by atoms with van der Waals surface area (Å²) in [7, 11) is 0.